The van der Waals surface area contributed by atoms with E-state index in [4.69, 9.17) is 9.52 Å². The average molecular weight is 220 g/mol. The van der Waals surface area contributed by atoms with Crippen LogP contribution in [0.5, 0.6) is 5.75 Å². The number of phenolic OH excluding ortho intramolecular Hbond substituents is 1. The van der Waals surface area contributed by atoms with Crippen LogP contribution in [0.3, 0.4) is 0 Å². The van der Waals surface area contributed by atoms with Crippen molar-refractivity contribution in [1.29, 1.82) is 0 Å². The van der Waals surface area contributed by atoms with E-state index >= 15 is 0 Å². The van der Waals surface area contributed by atoms with Crippen LogP contribution in [0, 0.1) is 0 Å². The van der Waals surface area contributed by atoms with E-state index in [1.807, 2.05) is 0 Å². The number of carbonyl (C=O) groups is 1. The van der Waals surface area contributed by atoms with Gasteiger partial charge in [0, 0.05) is 17.5 Å². The second-order valence-electron chi connectivity index (χ2n) is 3.34. The highest BCUT2D eigenvalue weighted by Gasteiger charge is 2.09. The smallest absolute Gasteiger partial charge is 0.336 e. The van der Waals surface area contributed by atoms with Crippen LogP contribution < -0.4 is 5.63 Å². The summed E-state index contributed by atoms with van der Waals surface area (Å²) in [5, 5.41) is 18.4. The van der Waals surface area contributed by atoms with Crippen LogP contribution in [0.4, 0.5) is 0 Å². The molecule has 0 aliphatic carbocycles. The van der Waals surface area contributed by atoms with Crippen molar-refractivity contribution < 1.29 is 19.4 Å². The van der Waals surface area contributed by atoms with Crippen LogP contribution in [0.25, 0.3) is 11.0 Å². The molecule has 2 aromatic rings. The first-order valence-corrected chi connectivity index (χ1v) is 4.54. The Morgan fingerprint density at radius 3 is 2.75 bits per heavy atom. The third-order valence-corrected chi connectivity index (χ3v) is 2.16. The third-order valence-electron chi connectivity index (χ3n) is 2.16. The molecule has 1 aromatic carbocycles. The summed E-state index contributed by atoms with van der Waals surface area (Å²) in [7, 11) is 0. The summed E-state index contributed by atoms with van der Waals surface area (Å²) in [5.41, 5.74) is -0.0724. The summed E-state index contributed by atoms with van der Waals surface area (Å²) in [6.07, 6.45) is -0.257. The molecule has 1 aromatic heterocycles. The normalized spacial score (nSPS) is 10.5. The molecular weight excluding hydrogens is 212 g/mol. The third kappa shape index (κ3) is 1.88. The van der Waals surface area contributed by atoms with Crippen LogP contribution in [0.1, 0.15) is 5.56 Å². The largest absolute Gasteiger partial charge is 0.508 e. The van der Waals surface area contributed by atoms with E-state index in [9.17, 15) is 14.7 Å². The Hall–Kier alpha value is -2.30. The van der Waals surface area contributed by atoms with Gasteiger partial charge < -0.3 is 14.6 Å². The van der Waals surface area contributed by atoms with Gasteiger partial charge in [-0.25, -0.2) is 4.79 Å². The zero-order valence-corrected chi connectivity index (χ0v) is 8.14. The molecule has 0 fully saturated rings. The van der Waals surface area contributed by atoms with Gasteiger partial charge in [-0.2, -0.15) is 0 Å². The summed E-state index contributed by atoms with van der Waals surface area (Å²) >= 11 is 0. The average Bonchev–Trinajstić information content (AvgIpc) is 2.15. The van der Waals surface area contributed by atoms with Crippen molar-refractivity contribution in [2.24, 2.45) is 0 Å². The van der Waals surface area contributed by atoms with Crippen molar-refractivity contribution in [3.63, 3.8) is 0 Å². The molecule has 2 N–H and O–H groups in total. The molecule has 5 nitrogen and oxygen atoms in total. The summed E-state index contributed by atoms with van der Waals surface area (Å²) < 4.78 is 4.86. The molecule has 0 atom stereocenters. The number of rotatable bonds is 2. The van der Waals surface area contributed by atoms with Crippen molar-refractivity contribution in [2.75, 3.05) is 0 Å². The minimum absolute atomic E-state index is 0.0388. The minimum Gasteiger partial charge on any atom is -0.508 e. The fourth-order valence-corrected chi connectivity index (χ4v) is 1.53. The number of hydrogen-bond donors (Lipinski definition) is 2. The summed E-state index contributed by atoms with van der Waals surface area (Å²) in [4.78, 5) is 21.8. The van der Waals surface area contributed by atoms with E-state index in [0.717, 1.165) is 6.07 Å². The highest BCUT2D eigenvalue weighted by atomic mass is 16.4. The predicted molar refractivity (Wildman–Crippen MR) is 55.5 cm³/mol. The van der Waals surface area contributed by atoms with Crippen LogP contribution >= 0.6 is 0 Å². The Balaban J connectivity index is 2.72. The number of aromatic hydroxyl groups is 1. The second kappa shape index (κ2) is 3.69. The van der Waals surface area contributed by atoms with Gasteiger partial charge in [-0.1, -0.05) is 0 Å². The van der Waals surface area contributed by atoms with Crippen LogP contribution in [-0.4, -0.2) is 16.2 Å². The van der Waals surface area contributed by atoms with E-state index in [0.29, 0.717) is 10.9 Å². The Morgan fingerprint density at radius 1 is 1.31 bits per heavy atom. The summed E-state index contributed by atoms with van der Waals surface area (Å²) in [6.45, 7) is 0. The van der Waals surface area contributed by atoms with Crippen molar-refractivity contribution in [3.8, 4) is 5.75 Å². The molecule has 1 heterocycles. The highest BCUT2D eigenvalue weighted by Crippen LogP contribution is 2.21. The van der Waals surface area contributed by atoms with Crippen molar-refractivity contribution in [1.82, 2.24) is 0 Å². The Morgan fingerprint density at radius 2 is 2.06 bits per heavy atom. The van der Waals surface area contributed by atoms with Gasteiger partial charge in [0.25, 0.3) is 0 Å². The molecule has 0 radical (unpaired) electrons. The molecule has 0 bridgehead atoms. The summed E-state index contributed by atoms with van der Waals surface area (Å²) in [5.74, 6) is -1.07. The van der Waals surface area contributed by atoms with Gasteiger partial charge in [0.2, 0.25) is 0 Å². The van der Waals surface area contributed by atoms with E-state index < -0.39 is 11.6 Å². The number of carboxylic acid groups (broad SMARTS) is 1. The van der Waals surface area contributed by atoms with Gasteiger partial charge in [-0.05, 0) is 17.7 Å². The van der Waals surface area contributed by atoms with Gasteiger partial charge in [0.05, 0.1) is 6.42 Å². The van der Waals surface area contributed by atoms with Crippen LogP contribution in [0.2, 0.25) is 0 Å². The molecule has 82 valence electrons. The van der Waals surface area contributed by atoms with Gasteiger partial charge in [-0.15, -0.1) is 0 Å². The quantitative estimate of drug-likeness (QED) is 0.740. The molecule has 0 aliphatic rings. The maximum atomic E-state index is 11.2. The lowest BCUT2D eigenvalue weighted by Gasteiger charge is -2.02. The Kier molecular flexibility index (Phi) is 2.36. The first-order chi connectivity index (χ1) is 7.56. The lowest BCUT2D eigenvalue weighted by Crippen LogP contribution is -2.06. The lowest BCUT2D eigenvalue weighted by molar-refractivity contribution is -0.136. The number of phenols is 1. The summed E-state index contributed by atoms with van der Waals surface area (Å²) in [6, 6.07) is 5.36. The number of aliphatic carboxylic acids is 1. The number of fused-ring (bicyclic) bond motifs is 1. The van der Waals surface area contributed by atoms with E-state index in [1.54, 1.807) is 0 Å². The minimum atomic E-state index is -1.03. The van der Waals surface area contributed by atoms with Gasteiger partial charge in [-0.3, -0.25) is 4.79 Å². The molecule has 5 heteroatoms. The highest BCUT2D eigenvalue weighted by molar-refractivity contribution is 5.85. The molecule has 2 rings (SSSR count). The molecule has 0 saturated carbocycles. The van der Waals surface area contributed by atoms with Gasteiger partial charge >= 0.3 is 11.6 Å². The molecule has 16 heavy (non-hydrogen) atoms. The first-order valence-electron chi connectivity index (χ1n) is 4.54. The number of benzene rings is 1. The fourth-order valence-electron chi connectivity index (χ4n) is 1.53. The van der Waals surface area contributed by atoms with E-state index in [2.05, 4.69) is 0 Å². The Labute approximate surface area is 89.6 Å². The van der Waals surface area contributed by atoms with Gasteiger partial charge in [0.1, 0.15) is 11.3 Å². The maximum absolute atomic E-state index is 11.2. The lowest BCUT2D eigenvalue weighted by atomic mass is 10.1. The molecule has 0 saturated heterocycles. The molecular formula is C11H8O5. The zero-order valence-electron chi connectivity index (χ0n) is 8.14. The molecule has 0 aliphatic heterocycles. The topological polar surface area (TPSA) is 87.7 Å². The number of hydrogen-bond acceptors (Lipinski definition) is 4. The van der Waals surface area contributed by atoms with Gasteiger partial charge in [0.15, 0.2) is 0 Å². The number of carboxylic acids is 1. The van der Waals surface area contributed by atoms with Crippen molar-refractivity contribution in [3.05, 3.63) is 40.2 Å². The SMILES string of the molecule is O=C(O)Cc1cc(=O)oc2cc(O)ccc12. The zero-order chi connectivity index (χ0) is 11.7. The Bertz CT molecular complexity index is 611. The molecule has 0 unspecified atom stereocenters. The monoisotopic (exact) mass is 220 g/mol. The van der Waals surface area contributed by atoms with Crippen molar-refractivity contribution in [2.45, 2.75) is 6.42 Å². The van der Waals surface area contributed by atoms with Crippen LogP contribution in [0.15, 0.2) is 33.5 Å². The van der Waals surface area contributed by atoms with E-state index in [-0.39, 0.29) is 17.8 Å². The molecule has 0 amide bonds. The van der Waals surface area contributed by atoms with Crippen molar-refractivity contribution >= 4 is 16.9 Å². The second-order valence-corrected chi connectivity index (χ2v) is 3.34. The first kappa shape index (κ1) is 10.2. The van der Waals surface area contributed by atoms with E-state index in [1.165, 1.54) is 18.2 Å². The maximum Gasteiger partial charge on any atom is 0.336 e. The van der Waals surface area contributed by atoms with Crippen LogP contribution in [-0.2, 0) is 11.2 Å². The molecule has 0 spiro atoms. The fraction of sp³-hybridized carbons (Fsp3) is 0.0909. The predicted octanol–water partition coefficient (Wildman–Crippen LogP) is 1.13. The standard InChI is InChI=1S/C11H8O5/c12-7-1-2-8-6(3-10(13)14)4-11(15)16-9(8)5-7/h1-2,4-5,12H,3H2,(H,13,14).